The number of amides is 13. The summed E-state index contributed by atoms with van der Waals surface area (Å²) in [4.78, 5) is 234. The van der Waals surface area contributed by atoms with Gasteiger partial charge in [0.2, 0.25) is 76.8 Å². The van der Waals surface area contributed by atoms with E-state index in [0.717, 1.165) is 65.4 Å². The first-order chi connectivity index (χ1) is 57.6. The molecule has 0 saturated carbocycles. The number of aliphatic hydroxyl groups excluding tert-OH is 1. The van der Waals surface area contributed by atoms with Crippen molar-refractivity contribution in [2.75, 3.05) is 43.3 Å². The summed E-state index contributed by atoms with van der Waals surface area (Å²) in [6.07, 6.45) is 0.707. The lowest BCUT2D eigenvalue weighted by molar-refractivity contribution is -0.142. The molecule has 0 radical (unpaired) electrons. The van der Waals surface area contributed by atoms with Crippen molar-refractivity contribution in [1.82, 2.24) is 79.1 Å². The molecule has 12 atom stereocenters. The van der Waals surface area contributed by atoms with Gasteiger partial charge in [-0.3, -0.25) is 71.9 Å². The number of aryl methyl sites for hydroxylation is 2. The number of nitrogens with two attached hydrogens (primary N) is 1. The maximum atomic E-state index is 15.3. The number of nitrogens with one attached hydrogen (secondary N) is 14. The predicted molar refractivity (Wildman–Crippen MR) is 451 cm³/mol. The number of carbonyl (C=O) groups is 16. The average molecular weight is 1750 g/mol. The number of aromatic nitrogens is 2. The van der Waals surface area contributed by atoms with E-state index in [-0.39, 0.29) is 38.5 Å². The van der Waals surface area contributed by atoms with E-state index in [1.165, 1.54) is 26.4 Å². The molecule has 20 N–H and O–H groups in total. The minimum atomic E-state index is -2.08. The Morgan fingerprint density at radius 2 is 1.14 bits per heavy atom. The van der Waals surface area contributed by atoms with Gasteiger partial charge >= 0.3 is 17.9 Å². The molecule has 4 aromatic carbocycles. The molecule has 13 amide bonds. The van der Waals surface area contributed by atoms with Crippen LogP contribution in [-0.2, 0) is 109 Å². The van der Waals surface area contributed by atoms with Crippen LogP contribution < -0.4 is 79.6 Å². The lowest BCUT2D eigenvalue weighted by atomic mass is 9.95. The molecule has 2 aliphatic rings. The van der Waals surface area contributed by atoms with E-state index >= 15 is 24.0 Å². The summed E-state index contributed by atoms with van der Waals surface area (Å²) in [6.45, 7) is 5.77. The van der Waals surface area contributed by atoms with Gasteiger partial charge in [-0.2, -0.15) is 0 Å². The van der Waals surface area contributed by atoms with Gasteiger partial charge in [0.1, 0.15) is 77.7 Å². The van der Waals surface area contributed by atoms with E-state index in [9.17, 15) is 73.2 Å². The Bertz CT molecular complexity index is 4440. The Balaban J connectivity index is 1.28. The number of imidazole rings is 1. The molecule has 37 nitrogen and oxygen atoms in total. The summed E-state index contributed by atoms with van der Waals surface area (Å²) in [6, 6.07) is 9.16. The molecular weight excluding hydrogens is 1650 g/mol. The van der Waals surface area contributed by atoms with E-state index in [0.29, 0.717) is 35.4 Å². The van der Waals surface area contributed by atoms with Crippen LogP contribution in [0.3, 0.4) is 0 Å². The van der Waals surface area contributed by atoms with Crippen LogP contribution in [-0.4, -0.2) is 246 Å². The first-order valence-corrected chi connectivity index (χ1v) is 43.9. The second kappa shape index (κ2) is 48.2. The zero-order chi connectivity index (χ0) is 88.5. The van der Waals surface area contributed by atoms with Crippen LogP contribution in [0.2, 0.25) is 0 Å². The molecule has 121 heavy (non-hydrogen) atoms. The molecule has 3 heterocycles. The molecule has 2 bridgehead atoms. The number of aliphatic carboxylic acids is 3. The van der Waals surface area contributed by atoms with Gasteiger partial charge < -0.3 is 105 Å². The first-order valence-electron chi connectivity index (χ1n) is 38.9. The third kappa shape index (κ3) is 31.7. The monoisotopic (exact) mass is 1750 g/mol. The fraction of sp³-hybridized carbons (Fsp3) is 0.463. The number of hydrogen-bond donors (Lipinski definition) is 19. The van der Waals surface area contributed by atoms with Gasteiger partial charge in [-0.15, -0.1) is 0 Å². The highest BCUT2D eigenvalue weighted by atomic mass is 33.1. The zero-order valence-corrected chi connectivity index (χ0v) is 70.6. The number of aromatic amines is 1. The van der Waals surface area contributed by atoms with Crippen LogP contribution in [0.5, 0.6) is 5.75 Å². The maximum Gasteiger partial charge on any atom is 0.327 e. The molecule has 0 spiro atoms. The Labute approximate surface area is 713 Å². The van der Waals surface area contributed by atoms with Crippen molar-refractivity contribution < 1.29 is 102 Å². The zero-order valence-electron chi connectivity index (χ0n) is 67.4. The SMILES string of the molecule is CCc1cc(OC)ccc1-c1ccc(C[C@@H]2NC(=O)[C@H](CC(=O)O)NC(=O)[C@H](CO)NC(=O)[C@@H]3CSSC[C@@H](C(=O)O)NC(=O)[C@H](CSSC[C@H](NC(=O)CNC(=O)[C@H](CCC(=O)O)NC(=O)C(C)(C)NC(=O)[C@@H](N)Cc4cnc[nH]4)C(=O)N[C@@H](Cc4ccccc4)C(=O)N3)NC(=O)[C@H](CC(C)C)NC(=O)[C@H](CCCc3ccccc3)NC2=O)cc1. The van der Waals surface area contributed by atoms with E-state index < -0.39 is 234 Å². The van der Waals surface area contributed by atoms with Crippen LogP contribution in [0.15, 0.2) is 116 Å². The number of hydrogen-bond acceptors (Lipinski definition) is 24. The van der Waals surface area contributed by atoms with Gasteiger partial charge in [-0.25, -0.2) is 9.78 Å². The fourth-order valence-corrected chi connectivity index (χ4v) is 17.2. The number of ether oxygens (including phenoxy) is 1. The highest BCUT2D eigenvalue weighted by Crippen LogP contribution is 2.30. The largest absolute Gasteiger partial charge is 0.497 e. The third-order valence-corrected chi connectivity index (χ3v) is 24.1. The minimum absolute atomic E-state index is 0.00408. The predicted octanol–water partition coefficient (Wildman–Crippen LogP) is -0.378. The topological polar surface area (TPSA) is 574 Å². The highest BCUT2D eigenvalue weighted by molar-refractivity contribution is 8.77. The van der Waals surface area contributed by atoms with Gasteiger partial charge in [-0.1, -0.05) is 155 Å². The number of H-pyrrole nitrogens is 1. The molecule has 2 saturated heterocycles. The number of nitrogens with zero attached hydrogens (tertiary/aromatic N) is 1. The highest BCUT2D eigenvalue weighted by Gasteiger charge is 2.40. The Hall–Kier alpha value is -11.3. The molecule has 41 heteroatoms. The van der Waals surface area contributed by atoms with E-state index in [4.69, 9.17) is 10.5 Å². The third-order valence-electron chi connectivity index (χ3n) is 19.2. The standard InChI is InChI=1S/C80H104N16O21S4/c1-7-47-32-50(117-6)25-26-51(47)48-23-21-46(22-24-48)31-57-71(107)86-53(20-14-19-44-15-10-8-11-16-44)69(105)87-55(29-43(2)3)70(106)92-62-40-119-118-38-60(85-64(98)36-83-68(104)54(27-28-65(99)100)95-79(116)80(4,5)96-67(103)52(81)33-49-35-82-42-84-49)75(111)89-56(30-45-17-12-9-13-18-45)72(108)93-61(39-120-121-41-63(78(114)115)94-77(62)113)76(112)91-59(37-97)74(110)90-58(34-66(101)102)73(109)88-57/h8-13,15-18,21-26,32,35,42-43,52-63,97H,7,14,19-20,27-31,33-34,36-41,81H2,1-6H3,(H,82,84)(H,83,104)(H,85,98)(H,86,107)(H,87,105)(H,88,109)(H,89,111)(H,90,110)(H,91,112)(H,92,106)(H,93,108)(H,94,113)(H,95,116)(H,96,103)(H,99,100)(H,101,102)(H,114,115)/t52-,53-,54-,55-,56-,57-,58-,59-,60-,61-,62-,63-/m0/s1. The van der Waals surface area contributed by atoms with Crippen molar-refractivity contribution in [2.24, 2.45) is 11.7 Å². The number of carboxylic acids is 3. The van der Waals surface area contributed by atoms with Crippen molar-refractivity contribution in [3.05, 3.63) is 144 Å². The second-order valence-corrected chi connectivity index (χ2v) is 34.7. The summed E-state index contributed by atoms with van der Waals surface area (Å²) in [5.41, 5.74) is 9.10. The van der Waals surface area contributed by atoms with Crippen LogP contribution in [0.4, 0.5) is 0 Å². The number of carbonyl (C=O) groups excluding carboxylic acids is 13. The van der Waals surface area contributed by atoms with E-state index in [2.05, 4.69) is 79.1 Å². The maximum absolute atomic E-state index is 15.3. The number of aliphatic hydroxyl groups is 1. The van der Waals surface area contributed by atoms with E-state index in [1.807, 2.05) is 31.2 Å². The lowest BCUT2D eigenvalue weighted by Crippen LogP contribution is -2.62. The van der Waals surface area contributed by atoms with Crippen LogP contribution in [0.1, 0.15) is 101 Å². The Morgan fingerprint density at radius 3 is 1.73 bits per heavy atom. The van der Waals surface area contributed by atoms with E-state index in [1.54, 1.807) is 99.8 Å². The average Bonchev–Trinajstić information content (AvgIpc) is 1.24. The summed E-state index contributed by atoms with van der Waals surface area (Å²) in [5.74, 6) is -20.4. The van der Waals surface area contributed by atoms with Gasteiger partial charge in [0.05, 0.1) is 39.1 Å². The number of benzene rings is 4. The van der Waals surface area contributed by atoms with Gasteiger partial charge in [-0.05, 0) is 104 Å². The number of rotatable bonds is 30. The molecule has 2 aliphatic heterocycles. The molecule has 5 aromatic rings. The van der Waals surface area contributed by atoms with Gasteiger partial charge in [0.15, 0.2) is 0 Å². The molecule has 0 unspecified atom stereocenters. The van der Waals surface area contributed by atoms with Crippen LogP contribution in [0, 0.1) is 5.92 Å². The lowest BCUT2D eigenvalue weighted by Gasteiger charge is -2.29. The van der Waals surface area contributed by atoms with Crippen LogP contribution >= 0.6 is 43.2 Å². The first kappa shape index (κ1) is 96.9. The molecule has 7 rings (SSSR count). The summed E-state index contributed by atoms with van der Waals surface area (Å²) >= 11 is 0. The molecule has 1 aromatic heterocycles. The summed E-state index contributed by atoms with van der Waals surface area (Å²) in [5, 5.41) is 74.1. The van der Waals surface area contributed by atoms with Gasteiger partial charge in [0, 0.05) is 60.6 Å². The normalized spacial score (nSPS) is 21.6. The second-order valence-electron chi connectivity index (χ2n) is 29.6. The number of carboxylic acid groups (broad SMARTS) is 3. The van der Waals surface area contributed by atoms with Crippen molar-refractivity contribution in [3.63, 3.8) is 0 Å². The van der Waals surface area contributed by atoms with Crippen molar-refractivity contribution in [2.45, 2.75) is 183 Å². The number of methoxy groups -OCH3 is 1. The number of fused-ring (bicyclic) bond motifs is 8. The molecular formula is C80H104N16O21S4. The molecule has 0 aliphatic carbocycles. The van der Waals surface area contributed by atoms with Crippen molar-refractivity contribution in [1.29, 1.82) is 0 Å². The Morgan fingerprint density at radius 1 is 0.603 bits per heavy atom. The Kier molecular flexibility index (Phi) is 38.6. The quantitative estimate of drug-likeness (QED) is 0.0261. The van der Waals surface area contributed by atoms with Gasteiger partial charge in [0.25, 0.3) is 0 Å². The minimum Gasteiger partial charge on any atom is -0.497 e. The summed E-state index contributed by atoms with van der Waals surface area (Å²) in [7, 11) is 4.71. The van der Waals surface area contributed by atoms with Crippen molar-refractivity contribution >= 4 is 138 Å². The molecule has 2 fully saturated rings. The van der Waals surface area contributed by atoms with Crippen LogP contribution in [0.25, 0.3) is 11.1 Å². The van der Waals surface area contributed by atoms with Crippen molar-refractivity contribution in [3.8, 4) is 16.9 Å². The molecule has 654 valence electrons. The smallest absolute Gasteiger partial charge is 0.327 e. The fourth-order valence-electron chi connectivity index (χ4n) is 12.5. The summed E-state index contributed by atoms with van der Waals surface area (Å²) < 4.78 is 5.46.